The molecule has 0 bridgehead atoms. The van der Waals surface area contributed by atoms with Gasteiger partial charge in [0.2, 0.25) is 0 Å². The second kappa shape index (κ2) is 9.17. The van der Waals surface area contributed by atoms with Crippen molar-refractivity contribution in [2.75, 3.05) is 0 Å². The van der Waals surface area contributed by atoms with Gasteiger partial charge >= 0.3 is 5.97 Å². The van der Waals surface area contributed by atoms with Crippen molar-refractivity contribution < 1.29 is 14.3 Å². The molecular formula is C17H18Cl2N2O3S. The molecule has 0 saturated heterocycles. The van der Waals surface area contributed by atoms with Gasteiger partial charge in [0.15, 0.2) is 11.8 Å². The highest BCUT2D eigenvalue weighted by atomic mass is 35.5. The molecule has 1 heterocycles. The summed E-state index contributed by atoms with van der Waals surface area (Å²) >= 11 is 12.6. The van der Waals surface area contributed by atoms with Crippen molar-refractivity contribution in [2.24, 2.45) is 5.92 Å². The third-order valence-electron chi connectivity index (χ3n) is 3.33. The van der Waals surface area contributed by atoms with Gasteiger partial charge in [0.1, 0.15) is 9.36 Å². The van der Waals surface area contributed by atoms with E-state index in [1.165, 1.54) is 0 Å². The SMILES string of the molecule is CC(C)C[C@@H](OC(=O)c1nsc(Cl)c1Cl)C(=O)NCc1ccccc1. The molecule has 0 fully saturated rings. The van der Waals surface area contributed by atoms with E-state index in [-0.39, 0.29) is 26.9 Å². The number of hydrogen-bond donors (Lipinski definition) is 1. The van der Waals surface area contributed by atoms with E-state index < -0.39 is 12.1 Å². The number of ether oxygens (including phenoxy) is 1. The summed E-state index contributed by atoms with van der Waals surface area (Å²) in [6.45, 7) is 4.24. The van der Waals surface area contributed by atoms with E-state index in [4.69, 9.17) is 27.9 Å². The van der Waals surface area contributed by atoms with Crippen LogP contribution in [0.5, 0.6) is 0 Å². The summed E-state index contributed by atoms with van der Waals surface area (Å²) in [6, 6.07) is 9.49. The minimum atomic E-state index is -0.923. The fourth-order valence-electron chi connectivity index (χ4n) is 2.11. The van der Waals surface area contributed by atoms with Gasteiger partial charge in [-0.2, -0.15) is 4.37 Å². The zero-order valence-corrected chi connectivity index (χ0v) is 16.1. The summed E-state index contributed by atoms with van der Waals surface area (Å²) in [7, 11) is 0. The zero-order chi connectivity index (χ0) is 18.4. The number of carbonyl (C=O) groups excluding carboxylic acids is 2. The molecule has 1 N–H and O–H groups in total. The van der Waals surface area contributed by atoms with Gasteiger partial charge in [0.05, 0.1) is 0 Å². The Morgan fingerprint density at radius 1 is 1.24 bits per heavy atom. The van der Waals surface area contributed by atoms with Crippen molar-refractivity contribution in [1.82, 2.24) is 9.69 Å². The minimum Gasteiger partial charge on any atom is -0.447 e. The van der Waals surface area contributed by atoms with Gasteiger partial charge in [0.25, 0.3) is 5.91 Å². The maximum Gasteiger partial charge on any atom is 0.360 e. The molecule has 1 aromatic heterocycles. The van der Waals surface area contributed by atoms with E-state index in [0.29, 0.717) is 13.0 Å². The van der Waals surface area contributed by atoms with Crippen molar-refractivity contribution in [2.45, 2.75) is 32.9 Å². The molecular weight excluding hydrogens is 383 g/mol. The number of halogens is 2. The molecule has 2 aromatic rings. The number of carbonyl (C=O) groups is 2. The van der Waals surface area contributed by atoms with Crippen LogP contribution in [0.25, 0.3) is 0 Å². The molecule has 1 amide bonds. The third kappa shape index (κ3) is 5.70. The van der Waals surface area contributed by atoms with Crippen LogP contribution >= 0.6 is 34.7 Å². The maximum absolute atomic E-state index is 12.4. The Hall–Kier alpha value is -1.63. The second-order valence-electron chi connectivity index (χ2n) is 5.85. The highest BCUT2D eigenvalue weighted by molar-refractivity contribution is 7.11. The number of amides is 1. The Balaban J connectivity index is 2.03. The van der Waals surface area contributed by atoms with Crippen molar-refractivity contribution in [3.8, 4) is 0 Å². The summed E-state index contributed by atoms with van der Waals surface area (Å²) in [6.07, 6.45) is -0.533. The highest BCUT2D eigenvalue weighted by Gasteiger charge is 2.27. The van der Waals surface area contributed by atoms with Crippen LogP contribution in [0.2, 0.25) is 9.36 Å². The van der Waals surface area contributed by atoms with Gasteiger partial charge in [-0.15, -0.1) is 0 Å². The molecule has 1 atom stereocenters. The van der Waals surface area contributed by atoms with Crippen LogP contribution in [-0.2, 0) is 16.1 Å². The Morgan fingerprint density at radius 2 is 1.92 bits per heavy atom. The van der Waals surface area contributed by atoms with E-state index >= 15 is 0 Å². The number of esters is 1. The van der Waals surface area contributed by atoms with Crippen LogP contribution in [0, 0.1) is 5.92 Å². The first-order valence-corrected chi connectivity index (χ1v) is 9.24. The lowest BCUT2D eigenvalue weighted by Gasteiger charge is -2.19. The molecule has 0 spiro atoms. The quantitative estimate of drug-likeness (QED) is 0.701. The summed E-state index contributed by atoms with van der Waals surface area (Å²) in [5.74, 6) is -0.952. The summed E-state index contributed by atoms with van der Waals surface area (Å²) < 4.78 is 9.42. The normalized spacial score (nSPS) is 12.0. The van der Waals surface area contributed by atoms with E-state index in [0.717, 1.165) is 17.1 Å². The molecule has 0 aliphatic rings. The van der Waals surface area contributed by atoms with Gasteiger partial charge in [0, 0.05) is 6.54 Å². The van der Waals surface area contributed by atoms with Gasteiger partial charge in [-0.05, 0) is 29.4 Å². The van der Waals surface area contributed by atoms with Crippen LogP contribution in [0.3, 0.4) is 0 Å². The molecule has 8 heteroatoms. The molecule has 5 nitrogen and oxygen atoms in total. The Bertz CT molecular complexity index is 735. The average molecular weight is 401 g/mol. The fraction of sp³-hybridized carbons (Fsp3) is 0.353. The average Bonchev–Trinajstić information content (AvgIpc) is 2.92. The minimum absolute atomic E-state index is 0.0460. The van der Waals surface area contributed by atoms with Gasteiger partial charge in [-0.25, -0.2) is 4.79 Å². The van der Waals surface area contributed by atoms with E-state index in [1.807, 2.05) is 44.2 Å². The number of hydrogen-bond acceptors (Lipinski definition) is 5. The molecule has 134 valence electrons. The predicted octanol–water partition coefficient (Wildman–Crippen LogP) is 4.34. The fourth-order valence-corrected chi connectivity index (χ4v) is 3.09. The number of aromatic nitrogens is 1. The van der Waals surface area contributed by atoms with E-state index in [9.17, 15) is 9.59 Å². The monoisotopic (exact) mass is 400 g/mol. The molecule has 1 aromatic carbocycles. The lowest BCUT2D eigenvalue weighted by Crippen LogP contribution is -2.38. The lowest BCUT2D eigenvalue weighted by atomic mass is 10.1. The number of nitrogens with zero attached hydrogens (tertiary/aromatic N) is 1. The van der Waals surface area contributed by atoms with Crippen LogP contribution in [0.15, 0.2) is 30.3 Å². The van der Waals surface area contributed by atoms with Crippen LogP contribution < -0.4 is 5.32 Å². The summed E-state index contributed by atoms with van der Waals surface area (Å²) in [5.41, 5.74) is 0.890. The summed E-state index contributed by atoms with van der Waals surface area (Å²) in [5, 5.41) is 2.83. The molecule has 2 rings (SSSR count). The number of rotatable bonds is 7. The van der Waals surface area contributed by atoms with Crippen molar-refractivity contribution in [3.63, 3.8) is 0 Å². The van der Waals surface area contributed by atoms with Crippen molar-refractivity contribution >= 4 is 46.6 Å². The number of benzene rings is 1. The van der Waals surface area contributed by atoms with Gasteiger partial charge in [-0.3, -0.25) is 4.79 Å². The maximum atomic E-state index is 12.4. The van der Waals surface area contributed by atoms with Gasteiger partial charge in [-0.1, -0.05) is 67.4 Å². The van der Waals surface area contributed by atoms with E-state index in [1.54, 1.807) is 0 Å². The van der Waals surface area contributed by atoms with Crippen LogP contribution in [-0.4, -0.2) is 22.4 Å². The van der Waals surface area contributed by atoms with Crippen molar-refractivity contribution in [3.05, 3.63) is 50.9 Å². The molecule has 0 saturated carbocycles. The lowest BCUT2D eigenvalue weighted by molar-refractivity contribution is -0.131. The molecule has 25 heavy (non-hydrogen) atoms. The first kappa shape index (κ1) is 19.7. The smallest absolute Gasteiger partial charge is 0.360 e. The largest absolute Gasteiger partial charge is 0.447 e. The second-order valence-corrected chi connectivity index (χ2v) is 7.60. The number of nitrogens with one attached hydrogen (secondary N) is 1. The molecule has 0 aliphatic carbocycles. The first-order chi connectivity index (χ1) is 11.9. The van der Waals surface area contributed by atoms with Gasteiger partial charge < -0.3 is 10.1 Å². The third-order valence-corrected chi connectivity index (χ3v) is 4.94. The Morgan fingerprint density at radius 3 is 2.48 bits per heavy atom. The van der Waals surface area contributed by atoms with Crippen LogP contribution in [0.4, 0.5) is 0 Å². The molecule has 0 aliphatic heterocycles. The molecule has 0 radical (unpaired) electrons. The highest BCUT2D eigenvalue weighted by Crippen LogP contribution is 2.30. The standard InChI is InChI=1S/C17H18Cl2N2O3S/c1-10(2)8-12(16(22)20-9-11-6-4-3-5-7-11)24-17(23)14-13(18)15(19)25-21-14/h3-7,10,12H,8-9H2,1-2H3,(H,20,22)/t12-/m1/s1. The van der Waals surface area contributed by atoms with Crippen molar-refractivity contribution in [1.29, 1.82) is 0 Å². The van der Waals surface area contributed by atoms with Crippen LogP contribution in [0.1, 0.15) is 36.3 Å². The summed E-state index contributed by atoms with van der Waals surface area (Å²) in [4.78, 5) is 24.7. The Kier molecular flexibility index (Phi) is 7.23. The Labute approximate surface area is 160 Å². The topological polar surface area (TPSA) is 68.3 Å². The zero-order valence-electron chi connectivity index (χ0n) is 13.8. The molecule has 0 unspecified atom stereocenters. The van der Waals surface area contributed by atoms with E-state index in [2.05, 4.69) is 9.69 Å². The predicted molar refractivity (Wildman–Crippen MR) is 99.1 cm³/mol. The first-order valence-electron chi connectivity index (χ1n) is 7.71.